The summed E-state index contributed by atoms with van der Waals surface area (Å²) < 4.78 is 20.7. The van der Waals surface area contributed by atoms with Gasteiger partial charge in [0.25, 0.3) is 0 Å². The van der Waals surface area contributed by atoms with Crippen LogP contribution in [0.3, 0.4) is 0 Å². The fourth-order valence-corrected chi connectivity index (χ4v) is 2.31. The van der Waals surface area contributed by atoms with Gasteiger partial charge < -0.3 is 10.1 Å². The zero-order valence-electron chi connectivity index (χ0n) is 12.2. The quantitative estimate of drug-likeness (QED) is 0.779. The highest BCUT2D eigenvalue weighted by Gasteiger charge is 2.12. The highest BCUT2D eigenvalue weighted by molar-refractivity contribution is 9.10. The van der Waals surface area contributed by atoms with E-state index in [0.717, 1.165) is 16.6 Å². The number of para-hydroxylation sites is 2. The molecule has 0 radical (unpaired) electrons. The standard InChI is InChI=1S/C17H19BrFNO/c1-12(2)10-20-11-13-6-5-8-15(19)17(13)21-16-9-4-3-7-14(16)18/h3-9,12,20H,10-11H2,1-2H3. The fourth-order valence-electron chi connectivity index (χ4n) is 1.94. The minimum absolute atomic E-state index is 0.278. The summed E-state index contributed by atoms with van der Waals surface area (Å²) >= 11 is 3.41. The largest absolute Gasteiger partial charge is 0.453 e. The lowest BCUT2D eigenvalue weighted by atomic mass is 10.1. The Morgan fingerprint density at radius 1 is 1.14 bits per heavy atom. The van der Waals surface area contributed by atoms with E-state index >= 15 is 0 Å². The van der Waals surface area contributed by atoms with Crippen LogP contribution in [0.15, 0.2) is 46.9 Å². The predicted molar refractivity (Wildman–Crippen MR) is 87.2 cm³/mol. The van der Waals surface area contributed by atoms with E-state index in [1.54, 1.807) is 6.07 Å². The third-order valence-electron chi connectivity index (χ3n) is 2.97. The molecule has 0 aliphatic carbocycles. The molecule has 0 unspecified atom stereocenters. The predicted octanol–water partition coefficient (Wildman–Crippen LogP) is 5.13. The average Bonchev–Trinajstić information content (AvgIpc) is 2.44. The first kappa shape index (κ1) is 16.0. The van der Waals surface area contributed by atoms with Crippen molar-refractivity contribution in [2.24, 2.45) is 5.92 Å². The maximum absolute atomic E-state index is 14.1. The van der Waals surface area contributed by atoms with Gasteiger partial charge in [0.2, 0.25) is 0 Å². The molecule has 21 heavy (non-hydrogen) atoms. The summed E-state index contributed by atoms with van der Waals surface area (Å²) in [6, 6.07) is 12.4. The molecule has 0 saturated heterocycles. The number of halogens is 2. The van der Waals surface area contributed by atoms with Gasteiger partial charge in [-0.25, -0.2) is 4.39 Å². The van der Waals surface area contributed by atoms with Gasteiger partial charge in [-0.15, -0.1) is 0 Å². The normalized spacial score (nSPS) is 10.9. The molecule has 2 aromatic rings. The van der Waals surface area contributed by atoms with E-state index in [-0.39, 0.29) is 11.6 Å². The molecule has 0 aliphatic heterocycles. The van der Waals surface area contributed by atoms with Crippen molar-refractivity contribution in [3.8, 4) is 11.5 Å². The SMILES string of the molecule is CC(C)CNCc1cccc(F)c1Oc1ccccc1Br. The van der Waals surface area contributed by atoms with Crippen molar-refractivity contribution in [1.29, 1.82) is 0 Å². The van der Waals surface area contributed by atoms with E-state index < -0.39 is 0 Å². The van der Waals surface area contributed by atoms with Crippen LogP contribution < -0.4 is 10.1 Å². The third-order valence-corrected chi connectivity index (χ3v) is 3.62. The van der Waals surface area contributed by atoms with Crippen LogP contribution in [-0.2, 0) is 6.54 Å². The molecule has 1 N–H and O–H groups in total. The first-order chi connectivity index (χ1) is 10.1. The number of nitrogens with one attached hydrogen (secondary N) is 1. The van der Waals surface area contributed by atoms with Gasteiger partial charge in [-0.2, -0.15) is 0 Å². The van der Waals surface area contributed by atoms with E-state index in [1.807, 2.05) is 30.3 Å². The Hall–Kier alpha value is -1.39. The highest BCUT2D eigenvalue weighted by atomic mass is 79.9. The fraction of sp³-hybridized carbons (Fsp3) is 0.294. The smallest absolute Gasteiger partial charge is 0.167 e. The van der Waals surface area contributed by atoms with Crippen molar-refractivity contribution >= 4 is 15.9 Å². The summed E-state index contributed by atoms with van der Waals surface area (Å²) in [6.45, 7) is 5.73. The van der Waals surface area contributed by atoms with Crippen LogP contribution in [0.25, 0.3) is 0 Å². The molecule has 112 valence electrons. The van der Waals surface area contributed by atoms with Crippen molar-refractivity contribution in [3.05, 3.63) is 58.3 Å². The number of hydrogen-bond acceptors (Lipinski definition) is 2. The first-order valence-corrected chi connectivity index (χ1v) is 7.77. The lowest BCUT2D eigenvalue weighted by molar-refractivity contribution is 0.429. The summed E-state index contributed by atoms with van der Waals surface area (Å²) in [4.78, 5) is 0. The van der Waals surface area contributed by atoms with Crippen molar-refractivity contribution in [1.82, 2.24) is 5.32 Å². The summed E-state index contributed by atoms with van der Waals surface area (Å²) in [5.74, 6) is 1.08. The Bertz CT molecular complexity index is 601. The van der Waals surface area contributed by atoms with Gasteiger partial charge in [0.1, 0.15) is 5.75 Å². The van der Waals surface area contributed by atoms with Crippen LogP contribution in [0, 0.1) is 11.7 Å². The molecule has 0 fully saturated rings. The topological polar surface area (TPSA) is 21.3 Å². The second-order valence-electron chi connectivity index (χ2n) is 5.29. The summed E-state index contributed by atoms with van der Waals surface area (Å²) in [6.07, 6.45) is 0. The zero-order chi connectivity index (χ0) is 15.2. The molecule has 0 aliphatic rings. The average molecular weight is 352 g/mol. The molecule has 0 amide bonds. The van der Waals surface area contributed by atoms with E-state index in [0.29, 0.717) is 18.2 Å². The number of hydrogen-bond donors (Lipinski definition) is 1. The molecule has 4 heteroatoms. The summed E-state index contributed by atoms with van der Waals surface area (Å²) in [5.41, 5.74) is 0.811. The van der Waals surface area contributed by atoms with Gasteiger partial charge in [0.15, 0.2) is 11.6 Å². The van der Waals surface area contributed by atoms with Crippen molar-refractivity contribution < 1.29 is 9.13 Å². The maximum atomic E-state index is 14.1. The molecule has 0 heterocycles. The monoisotopic (exact) mass is 351 g/mol. The molecule has 2 nitrogen and oxygen atoms in total. The summed E-state index contributed by atoms with van der Waals surface area (Å²) in [7, 11) is 0. The van der Waals surface area contributed by atoms with Gasteiger partial charge in [-0.1, -0.05) is 38.1 Å². The van der Waals surface area contributed by atoms with Crippen LogP contribution in [0.4, 0.5) is 4.39 Å². The van der Waals surface area contributed by atoms with Gasteiger partial charge >= 0.3 is 0 Å². The van der Waals surface area contributed by atoms with Gasteiger partial charge in [-0.3, -0.25) is 0 Å². The molecule has 2 aromatic carbocycles. The van der Waals surface area contributed by atoms with Crippen LogP contribution >= 0.6 is 15.9 Å². The second kappa shape index (κ2) is 7.57. The Balaban J connectivity index is 2.20. The molecule has 0 saturated carbocycles. The molecular formula is C17H19BrFNO. The molecule has 2 rings (SSSR count). The lowest BCUT2D eigenvalue weighted by Gasteiger charge is -2.14. The van der Waals surface area contributed by atoms with Crippen molar-refractivity contribution in [2.75, 3.05) is 6.54 Å². The lowest BCUT2D eigenvalue weighted by Crippen LogP contribution is -2.19. The number of ether oxygens (including phenoxy) is 1. The Morgan fingerprint density at radius 2 is 1.90 bits per heavy atom. The second-order valence-corrected chi connectivity index (χ2v) is 6.14. The van der Waals surface area contributed by atoms with E-state index in [2.05, 4.69) is 35.1 Å². The Morgan fingerprint density at radius 3 is 2.62 bits per heavy atom. The van der Waals surface area contributed by atoms with Gasteiger partial charge in [0.05, 0.1) is 4.47 Å². The zero-order valence-corrected chi connectivity index (χ0v) is 13.8. The maximum Gasteiger partial charge on any atom is 0.167 e. The Labute approximate surface area is 133 Å². The number of rotatable bonds is 6. The minimum atomic E-state index is -0.352. The Kier molecular flexibility index (Phi) is 5.76. The van der Waals surface area contributed by atoms with E-state index in [1.165, 1.54) is 6.07 Å². The summed E-state index contributed by atoms with van der Waals surface area (Å²) in [5, 5.41) is 3.31. The van der Waals surface area contributed by atoms with E-state index in [9.17, 15) is 4.39 Å². The molecule has 0 bridgehead atoms. The van der Waals surface area contributed by atoms with Crippen LogP contribution in [0.5, 0.6) is 11.5 Å². The number of benzene rings is 2. The minimum Gasteiger partial charge on any atom is -0.453 e. The molecule has 0 aromatic heterocycles. The molecular weight excluding hydrogens is 333 g/mol. The van der Waals surface area contributed by atoms with E-state index in [4.69, 9.17) is 4.74 Å². The highest BCUT2D eigenvalue weighted by Crippen LogP contribution is 2.33. The molecule has 0 spiro atoms. The van der Waals surface area contributed by atoms with Gasteiger partial charge in [0, 0.05) is 12.1 Å². The van der Waals surface area contributed by atoms with Crippen LogP contribution in [-0.4, -0.2) is 6.54 Å². The molecule has 0 atom stereocenters. The van der Waals surface area contributed by atoms with Crippen molar-refractivity contribution in [2.45, 2.75) is 20.4 Å². The van der Waals surface area contributed by atoms with Crippen LogP contribution in [0.1, 0.15) is 19.4 Å². The third kappa shape index (κ3) is 4.55. The van der Waals surface area contributed by atoms with Crippen molar-refractivity contribution in [3.63, 3.8) is 0 Å². The first-order valence-electron chi connectivity index (χ1n) is 6.98. The van der Waals surface area contributed by atoms with Crippen LogP contribution in [0.2, 0.25) is 0 Å². The van der Waals surface area contributed by atoms with Gasteiger partial charge in [-0.05, 0) is 46.6 Å².